The van der Waals surface area contributed by atoms with E-state index in [4.69, 9.17) is 16.3 Å². The summed E-state index contributed by atoms with van der Waals surface area (Å²) in [5, 5.41) is 4.10. The number of hydrogen-bond donors (Lipinski definition) is 1. The van der Waals surface area contributed by atoms with Gasteiger partial charge in [0, 0.05) is 24.2 Å². The zero-order chi connectivity index (χ0) is 12.3. The first-order chi connectivity index (χ1) is 8.24. The third-order valence-corrected chi connectivity index (χ3v) is 3.55. The van der Waals surface area contributed by atoms with Gasteiger partial charge in [0.1, 0.15) is 5.75 Å². The second kappa shape index (κ2) is 5.61. The molecule has 0 radical (unpaired) electrons. The maximum atomic E-state index is 6.07. The molecule has 1 atom stereocenters. The molecule has 4 heteroatoms. The van der Waals surface area contributed by atoms with Crippen molar-refractivity contribution in [1.82, 2.24) is 5.32 Å². The fourth-order valence-electron chi connectivity index (χ4n) is 2.34. The zero-order valence-corrected chi connectivity index (χ0v) is 11.1. The highest BCUT2D eigenvalue weighted by atomic mass is 35.5. The summed E-state index contributed by atoms with van der Waals surface area (Å²) in [6.07, 6.45) is 2.43. The van der Waals surface area contributed by atoms with E-state index in [-0.39, 0.29) is 0 Å². The maximum absolute atomic E-state index is 6.07. The van der Waals surface area contributed by atoms with E-state index in [0.717, 1.165) is 29.5 Å². The minimum Gasteiger partial charge on any atom is -0.495 e. The van der Waals surface area contributed by atoms with Crippen LogP contribution in [0.5, 0.6) is 5.75 Å². The predicted molar refractivity (Wildman–Crippen MR) is 72.3 cm³/mol. The van der Waals surface area contributed by atoms with Crippen LogP contribution in [0.1, 0.15) is 12.8 Å². The molecular formula is C13H19ClN2O. The number of rotatable bonds is 3. The highest BCUT2D eigenvalue weighted by Crippen LogP contribution is 2.32. The van der Waals surface area contributed by atoms with E-state index < -0.39 is 0 Å². The van der Waals surface area contributed by atoms with Gasteiger partial charge >= 0.3 is 0 Å². The lowest BCUT2D eigenvalue weighted by atomic mass is 10.0. The van der Waals surface area contributed by atoms with E-state index in [1.165, 1.54) is 12.8 Å². The van der Waals surface area contributed by atoms with Gasteiger partial charge in [-0.05, 0) is 38.1 Å². The third-order valence-electron chi connectivity index (χ3n) is 3.31. The number of halogens is 1. The first-order valence-corrected chi connectivity index (χ1v) is 6.38. The Hall–Kier alpha value is -0.930. The van der Waals surface area contributed by atoms with Crippen molar-refractivity contribution in [2.24, 2.45) is 0 Å². The van der Waals surface area contributed by atoms with Crippen LogP contribution in [0.2, 0.25) is 5.02 Å². The normalized spacial score (nSPS) is 20.4. The Morgan fingerprint density at radius 2 is 2.29 bits per heavy atom. The summed E-state index contributed by atoms with van der Waals surface area (Å²) in [5.74, 6) is 0.895. The van der Waals surface area contributed by atoms with Crippen molar-refractivity contribution < 1.29 is 4.74 Å². The molecule has 94 valence electrons. The van der Waals surface area contributed by atoms with Gasteiger partial charge in [-0.15, -0.1) is 0 Å². The number of nitrogens with one attached hydrogen (secondary N) is 1. The smallest absolute Gasteiger partial charge is 0.142 e. The monoisotopic (exact) mass is 254 g/mol. The SMILES string of the molecule is CNC1CCCN(c2cc(Cl)ccc2OC)C1. The average Bonchev–Trinajstić information content (AvgIpc) is 2.39. The number of nitrogens with zero attached hydrogens (tertiary/aromatic N) is 1. The van der Waals surface area contributed by atoms with Gasteiger partial charge in [-0.2, -0.15) is 0 Å². The van der Waals surface area contributed by atoms with Crippen LogP contribution in [0.15, 0.2) is 18.2 Å². The van der Waals surface area contributed by atoms with E-state index in [9.17, 15) is 0 Å². The highest BCUT2D eigenvalue weighted by Gasteiger charge is 2.21. The van der Waals surface area contributed by atoms with E-state index >= 15 is 0 Å². The van der Waals surface area contributed by atoms with Crippen molar-refractivity contribution in [2.75, 3.05) is 32.1 Å². The van der Waals surface area contributed by atoms with Crippen LogP contribution >= 0.6 is 11.6 Å². The molecule has 0 aliphatic carbocycles. The van der Waals surface area contributed by atoms with Crippen LogP contribution in [0.3, 0.4) is 0 Å². The largest absolute Gasteiger partial charge is 0.495 e. The van der Waals surface area contributed by atoms with Crippen molar-refractivity contribution >= 4 is 17.3 Å². The van der Waals surface area contributed by atoms with Gasteiger partial charge in [-0.25, -0.2) is 0 Å². The second-order valence-electron chi connectivity index (χ2n) is 4.39. The number of benzene rings is 1. The Morgan fingerprint density at radius 3 is 3.00 bits per heavy atom. The summed E-state index contributed by atoms with van der Waals surface area (Å²) < 4.78 is 5.40. The molecule has 1 heterocycles. The summed E-state index contributed by atoms with van der Waals surface area (Å²) in [6.45, 7) is 2.07. The van der Waals surface area contributed by atoms with Gasteiger partial charge in [-0.1, -0.05) is 11.6 Å². The molecule has 0 bridgehead atoms. The third kappa shape index (κ3) is 2.85. The molecule has 1 saturated heterocycles. The summed E-state index contributed by atoms with van der Waals surface area (Å²) >= 11 is 6.07. The molecule has 0 amide bonds. The molecule has 0 spiro atoms. The van der Waals surface area contributed by atoms with Gasteiger partial charge in [-0.3, -0.25) is 0 Å². The summed E-state index contributed by atoms with van der Waals surface area (Å²) in [6, 6.07) is 6.33. The number of methoxy groups -OCH3 is 1. The Bertz CT molecular complexity index is 384. The minimum absolute atomic E-state index is 0.549. The molecule has 1 fully saturated rings. The Morgan fingerprint density at radius 1 is 1.47 bits per heavy atom. The Balaban J connectivity index is 2.22. The molecule has 0 saturated carbocycles. The lowest BCUT2D eigenvalue weighted by Gasteiger charge is -2.35. The molecule has 1 unspecified atom stereocenters. The Kier molecular flexibility index (Phi) is 4.13. The number of hydrogen-bond acceptors (Lipinski definition) is 3. The minimum atomic E-state index is 0.549. The van der Waals surface area contributed by atoms with Crippen molar-refractivity contribution in [3.8, 4) is 5.75 Å². The maximum Gasteiger partial charge on any atom is 0.142 e. The van der Waals surface area contributed by atoms with Gasteiger partial charge in [0.15, 0.2) is 0 Å². The summed E-state index contributed by atoms with van der Waals surface area (Å²) in [4.78, 5) is 2.34. The van der Waals surface area contributed by atoms with Gasteiger partial charge < -0.3 is 15.0 Å². The fourth-order valence-corrected chi connectivity index (χ4v) is 2.51. The van der Waals surface area contributed by atoms with E-state index in [1.807, 2.05) is 25.2 Å². The van der Waals surface area contributed by atoms with E-state index in [2.05, 4.69) is 10.2 Å². The molecular weight excluding hydrogens is 236 g/mol. The van der Waals surface area contributed by atoms with Crippen LogP contribution in [0, 0.1) is 0 Å². The fraction of sp³-hybridized carbons (Fsp3) is 0.538. The van der Waals surface area contributed by atoms with Crippen LogP contribution in [0.25, 0.3) is 0 Å². The molecule has 1 aromatic rings. The van der Waals surface area contributed by atoms with E-state index in [0.29, 0.717) is 6.04 Å². The molecule has 1 N–H and O–H groups in total. The standard InChI is InChI=1S/C13H19ClN2O/c1-15-11-4-3-7-16(9-11)12-8-10(14)5-6-13(12)17-2/h5-6,8,11,15H,3-4,7,9H2,1-2H3. The molecule has 1 aliphatic heterocycles. The van der Waals surface area contributed by atoms with Gasteiger partial charge in [0.25, 0.3) is 0 Å². The summed E-state index contributed by atoms with van der Waals surface area (Å²) in [5.41, 5.74) is 1.10. The van der Waals surface area contributed by atoms with Crippen molar-refractivity contribution in [2.45, 2.75) is 18.9 Å². The second-order valence-corrected chi connectivity index (χ2v) is 4.83. The molecule has 3 nitrogen and oxygen atoms in total. The number of ether oxygens (including phenoxy) is 1. The first-order valence-electron chi connectivity index (χ1n) is 6.00. The van der Waals surface area contributed by atoms with Gasteiger partial charge in [0.2, 0.25) is 0 Å². The number of piperidine rings is 1. The van der Waals surface area contributed by atoms with Crippen LogP contribution in [0.4, 0.5) is 5.69 Å². The number of likely N-dealkylation sites (N-methyl/N-ethyl adjacent to an activating group) is 1. The summed E-state index contributed by atoms with van der Waals surface area (Å²) in [7, 11) is 3.72. The molecule has 17 heavy (non-hydrogen) atoms. The van der Waals surface area contributed by atoms with E-state index in [1.54, 1.807) is 7.11 Å². The zero-order valence-electron chi connectivity index (χ0n) is 10.4. The molecule has 2 rings (SSSR count). The van der Waals surface area contributed by atoms with Crippen LogP contribution in [-0.4, -0.2) is 33.3 Å². The van der Waals surface area contributed by atoms with Gasteiger partial charge in [0.05, 0.1) is 12.8 Å². The number of anilines is 1. The predicted octanol–water partition coefficient (Wildman–Crippen LogP) is 2.54. The topological polar surface area (TPSA) is 24.5 Å². The van der Waals surface area contributed by atoms with Crippen molar-refractivity contribution in [3.63, 3.8) is 0 Å². The van der Waals surface area contributed by atoms with Crippen molar-refractivity contribution in [1.29, 1.82) is 0 Å². The van der Waals surface area contributed by atoms with Crippen molar-refractivity contribution in [3.05, 3.63) is 23.2 Å². The first kappa shape index (κ1) is 12.5. The lowest BCUT2D eigenvalue weighted by molar-refractivity contribution is 0.406. The lowest BCUT2D eigenvalue weighted by Crippen LogP contribution is -2.44. The van der Waals surface area contributed by atoms with Crippen LogP contribution < -0.4 is 15.0 Å². The molecule has 1 aliphatic rings. The van der Waals surface area contributed by atoms with Crippen LogP contribution in [-0.2, 0) is 0 Å². The quantitative estimate of drug-likeness (QED) is 0.897. The Labute approximate surface area is 108 Å². The molecule has 0 aromatic heterocycles. The highest BCUT2D eigenvalue weighted by molar-refractivity contribution is 6.30. The average molecular weight is 255 g/mol. The molecule has 1 aromatic carbocycles.